The van der Waals surface area contributed by atoms with Crippen LogP contribution in [0, 0.1) is 22.7 Å². The van der Waals surface area contributed by atoms with Gasteiger partial charge in [-0.1, -0.05) is 115 Å². The maximum atomic E-state index is 10.6. The van der Waals surface area contributed by atoms with Gasteiger partial charge in [-0.05, 0) is 53.6 Å². The van der Waals surface area contributed by atoms with Crippen molar-refractivity contribution in [2.45, 2.75) is 0 Å². The third kappa shape index (κ3) is 4.01. The van der Waals surface area contributed by atoms with Gasteiger partial charge in [0, 0.05) is 38.4 Å². The Balaban J connectivity index is 1.26. The molecule has 2 heterocycles. The third-order valence-electron chi connectivity index (χ3n) is 9.43. The maximum absolute atomic E-state index is 10.6. The van der Waals surface area contributed by atoms with Crippen LogP contribution >= 0.6 is 0 Å². The minimum Gasteiger partial charge on any atom is -0.309 e. The van der Waals surface area contributed by atoms with Crippen LogP contribution in [0.4, 0.5) is 0 Å². The zero-order valence-electron chi connectivity index (χ0n) is 25.8. The first kappa shape index (κ1) is 27.4. The van der Waals surface area contributed by atoms with Crippen LogP contribution in [0.3, 0.4) is 0 Å². The molecular formula is C44H26N4. The number of aromatic nitrogens is 2. The Bertz CT molecular complexity index is 2760. The van der Waals surface area contributed by atoms with Crippen molar-refractivity contribution in [3.05, 3.63) is 169 Å². The number of para-hydroxylation sites is 5. The predicted octanol–water partition coefficient (Wildman–Crippen LogP) is 11.0. The number of hydrogen-bond donors (Lipinski definition) is 0. The van der Waals surface area contributed by atoms with Crippen molar-refractivity contribution >= 4 is 43.6 Å². The summed E-state index contributed by atoms with van der Waals surface area (Å²) in [6, 6.07) is 58.9. The van der Waals surface area contributed by atoms with Gasteiger partial charge in [0.25, 0.3) is 0 Å². The number of rotatable bonds is 4. The van der Waals surface area contributed by atoms with E-state index in [2.05, 4.69) is 137 Å². The summed E-state index contributed by atoms with van der Waals surface area (Å²) in [5.41, 5.74) is 11.2. The van der Waals surface area contributed by atoms with Gasteiger partial charge in [-0.25, -0.2) is 0 Å². The Morgan fingerprint density at radius 1 is 0.375 bits per heavy atom. The Kier molecular flexibility index (Phi) is 6.22. The summed E-state index contributed by atoms with van der Waals surface area (Å²) in [6.07, 6.45) is 0. The normalized spacial score (nSPS) is 11.3. The summed E-state index contributed by atoms with van der Waals surface area (Å²) in [7, 11) is 0. The molecule has 0 bridgehead atoms. The molecule has 48 heavy (non-hydrogen) atoms. The van der Waals surface area contributed by atoms with Gasteiger partial charge in [-0.2, -0.15) is 10.5 Å². The van der Waals surface area contributed by atoms with E-state index in [-0.39, 0.29) is 0 Å². The molecule has 0 N–H and O–H groups in total. The van der Waals surface area contributed by atoms with Gasteiger partial charge in [0.15, 0.2) is 0 Å². The first-order valence-corrected chi connectivity index (χ1v) is 15.9. The Morgan fingerprint density at radius 3 is 1.52 bits per heavy atom. The standard InChI is InChI=1S/C44H26N4/c45-27-29-12-11-19-39-38-18-6-7-20-40(38)47(44(29)39)31-24-25-32(30(26-31)28-46)33-13-1-2-14-34(33)35-15-3-8-21-41(35)48-42-22-9-4-16-36(42)37-17-5-10-23-43(37)48/h1-26H. The Morgan fingerprint density at radius 2 is 0.875 bits per heavy atom. The lowest BCUT2D eigenvalue weighted by molar-refractivity contribution is 1.17. The topological polar surface area (TPSA) is 57.4 Å². The highest BCUT2D eigenvalue weighted by Gasteiger charge is 2.20. The molecular weight excluding hydrogens is 585 g/mol. The minimum atomic E-state index is 0.565. The first-order valence-electron chi connectivity index (χ1n) is 15.9. The van der Waals surface area contributed by atoms with Gasteiger partial charge in [0.1, 0.15) is 6.07 Å². The molecule has 0 atom stereocenters. The zero-order chi connectivity index (χ0) is 32.2. The number of fused-ring (bicyclic) bond motifs is 6. The first-order chi connectivity index (χ1) is 23.8. The van der Waals surface area contributed by atoms with Gasteiger partial charge in [0.05, 0.1) is 45.0 Å². The smallest absolute Gasteiger partial charge is 0.101 e. The molecule has 222 valence electrons. The summed E-state index contributed by atoms with van der Waals surface area (Å²) < 4.78 is 4.46. The van der Waals surface area contributed by atoms with E-state index < -0.39 is 0 Å². The van der Waals surface area contributed by atoms with Crippen LogP contribution in [0.15, 0.2) is 158 Å². The fraction of sp³-hybridized carbons (Fsp3) is 0. The molecule has 4 heteroatoms. The van der Waals surface area contributed by atoms with E-state index >= 15 is 0 Å². The molecule has 7 aromatic carbocycles. The van der Waals surface area contributed by atoms with Gasteiger partial charge in [-0.3, -0.25) is 0 Å². The van der Waals surface area contributed by atoms with Crippen LogP contribution in [-0.2, 0) is 0 Å². The van der Waals surface area contributed by atoms with E-state index in [1.54, 1.807) is 0 Å². The fourth-order valence-corrected chi connectivity index (χ4v) is 7.41. The second-order valence-electron chi connectivity index (χ2n) is 11.9. The largest absolute Gasteiger partial charge is 0.309 e. The van der Waals surface area contributed by atoms with Crippen molar-refractivity contribution in [1.82, 2.24) is 9.13 Å². The summed E-state index contributed by atoms with van der Waals surface area (Å²) >= 11 is 0. The van der Waals surface area contributed by atoms with Crippen LogP contribution in [-0.4, -0.2) is 9.13 Å². The molecule has 0 spiro atoms. The molecule has 0 saturated heterocycles. The van der Waals surface area contributed by atoms with Crippen LogP contribution in [0.2, 0.25) is 0 Å². The highest BCUT2D eigenvalue weighted by Crippen LogP contribution is 2.41. The van der Waals surface area contributed by atoms with Crippen LogP contribution in [0.1, 0.15) is 11.1 Å². The average Bonchev–Trinajstić information content (AvgIpc) is 3.68. The summed E-state index contributed by atoms with van der Waals surface area (Å²) in [4.78, 5) is 0. The van der Waals surface area contributed by atoms with E-state index in [4.69, 9.17) is 0 Å². The Hall–Kier alpha value is -6.88. The second-order valence-corrected chi connectivity index (χ2v) is 11.9. The molecule has 0 unspecified atom stereocenters. The molecule has 9 rings (SSSR count). The van der Waals surface area contributed by atoms with Gasteiger partial charge >= 0.3 is 0 Å². The van der Waals surface area contributed by atoms with Crippen molar-refractivity contribution < 1.29 is 0 Å². The fourth-order valence-electron chi connectivity index (χ4n) is 7.41. The molecule has 0 fully saturated rings. The number of nitrogens with zero attached hydrogens (tertiary/aromatic N) is 4. The van der Waals surface area contributed by atoms with Crippen molar-refractivity contribution in [3.63, 3.8) is 0 Å². The van der Waals surface area contributed by atoms with E-state index in [0.29, 0.717) is 11.1 Å². The molecule has 0 aliphatic carbocycles. The molecule has 0 aliphatic heterocycles. The number of nitriles is 2. The molecule has 9 aromatic rings. The highest BCUT2D eigenvalue weighted by atomic mass is 15.0. The van der Waals surface area contributed by atoms with Gasteiger partial charge < -0.3 is 9.13 Å². The second kappa shape index (κ2) is 10.9. The van der Waals surface area contributed by atoms with Crippen molar-refractivity contribution in [1.29, 1.82) is 10.5 Å². The number of benzene rings is 7. The van der Waals surface area contributed by atoms with E-state index in [1.165, 1.54) is 10.8 Å². The molecule has 0 saturated carbocycles. The lowest BCUT2D eigenvalue weighted by Crippen LogP contribution is -1.99. The molecule has 0 aliphatic rings. The molecule has 2 aromatic heterocycles. The van der Waals surface area contributed by atoms with E-state index in [9.17, 15) is 10.5 Å². The SMILES string of the molecule is N#Cc1cc(-n2c3ccccc3c3cccc(C#N)c32)ccc1-c1ccccc1-c1ccccc1-n1c2ccccc2c2ccccc21. The summed E-state index contributed by atoms with van der Waals surface area (Å²) in [6.45, 7) is 0. The zero-order valence-corrected chi connectivity index (χ0v) is 25.8. The Labute approximate surface area is 277 Å². The third-order valence-corrected chi connectivity index (χ3v) is 9.43. The summed E-state index contributed by atoms with van der Waals surface area (Å²) in [5.74, 6) is 0. The van der Waals surface area contributed by atoms with E-state index in [1.807, 2.05) is 42.5 Å². The quantitative estimate of drug-likeness (QED) is 0.199. The van der Waals surface area contributed by atoms with Crippen LogP contribution < -0.4 is 0 Å². The van der Waals surface area contributed by atoms with Gasteiger partial charge in [0.2, 0.25) is 0 Å². The van der Waals surface area contributed by atoms with Crippen molar-refractivity contribution in [2.75, 3.05) is 0 Å². The monoisotopic (exact) mass is 610 g/mol. The van der Waals surface area contributed by atoms with Gasteiger partial charge in [-0.15, -0.1) is 0 Å². The molecule has 0 radical (unpaired) electrons. The van der Waals surface area contributed by atoms with Crippen LogP contribution in [0.25, 0.3) is 77.2 Å². The maximum Gasteiger partial charge on any atom is 0.101 e. The number of hydrogen-bond acceptors (Lipinski definition) is 2. The van der Waals surface area contributed by atoms with Crippen LogP contribution in [0.5, 0.6) is 0 Å². The predicted molar refractivity (Wildman–Crippen MR) is 195 cm³/mol. The van der Waals surface area contributed by atoms with Crippen molar-refractivity contribution in [3.8, 4) is 45.8 Å². The highest BCUT2D eigenvalue weighted by molar-refractivity contribution is 6.11. The lowest BCUT2D eigenvalue weighted by Gasteiger charge is -2.18. The minimum absolute atomic E-state index is 0.565. The molecule has 0 amide bonds. The average molecular weight is 611 g/mol. The summed E-state index contributed by atoms with van der Waals surface area (Å²) in [5, 5.41) is 25.2. The van der Waals surface area contributed by atoms with Crippen molar-refractivity contribution in [2.24, 2.45) is 0 Å². The molecule has 4 nitrogen and oxygen atoms in total. The lowest BCUT2D eigenvalue weighted by atomic mass is 9.91. The van der Waals surface area contributed by atoms with E-state index in [0.717, 1.165) is 66.5 Å².